The lowest BCUT2D eigenvalue weighted by Gasteiger charge is -2.29. The molecule has 0 saturated carbocycles. The molecule has 2 aliphatic rings. The first kappa shape index (κ1) is 15.9. The molecule has 0 aromatic heterocycles. The first-order valence-electron chi connectivity index (χ1n) is 7.94. The molecule has 3 rings (SSSR count). The highest BCUT2D eigenvalue weighted by molar-refractivity contribution is 7.89. The van der Waals surface area contributed by atoms with E-state index in [0.29, 0.717) is 17.0 Å². The average molecular weight is 323 g/mol. The van der Waals surface area contributed by atoms with E-state index in [1.54, 1.807) is 12.1 Å². The number of sulfonamides is 1. The van der Waals surface area contributed by atoms with Crippen LogP contribution in [0.5, 0.6) is 0 Å². The summed E-state index contributed by atoms with van der Waals surface area (Å²) in [6.07, 6.45) is 4.13. The van der Waals surface area contributed by atoms with Crippen LogP contribution in [0.3, 0.4) is 0 Å². The third-order valence-electron chi connectivity index (χ3n) is 4.53. The molecule has 2 heterocycles. The predicted octanol–water partition coefficient (Wildman–Crippen LogP) is 1.31. The Bertz CT molecular complexity index is 601. The molecule has 0 spiro atoms. The minimum absolute atomic E-state index is 0.0604. The fourth-order valence-corrected chi connectivity index (χ4v) is 4.84. The van der Waals surface area contributed by atoms with Crippen molar-refractivity contribution >= 4 is 10.0 Å². The molecule has 1 aromatic carbocycles. The zero-order valence-corrected chi connectivity index (χ0v) is 14.1. The van der Waals surface area contributed by atoms with Crippen LogP contribution in [0, 0.1) is 0 Å². The van der Waals surface area contributed by atoms with Gasteiger partial charge in [0.15, 0.2) is 0 Å². The van der Waals surface area contributed by atoms with Crippen LogP contribution < -0.4 is 10.0 Å². The quantitative estimate of drug-likeness (QED) is 0.858. The first-order valence-corrected chi connectivity index (χ1v) is 9.43. The summed E-state index contributed by atoms with van der Waals surface area (Å²) in [6, 6.07) is 8.21. The number of piperidine rings is 1. The summed E-state index contributed by atoms with van der Waals surface area (Å²) in [6.45, 7) is 0.811. The summed E-state index contributed by atoms with van der Waals surface area (Å²) < 4.78 is 27.9. The molecule has 2 atom stereocenters. The van der Waals surface area contributed by atoms with Crippen LogP contribution in [0.2, 0.25) is 0 Å². The standard InChI is InChI=1S/C16H25N3O2S/c1-19(2)11-12-3-7-16(8-4-12)22(20,21)18-15-9-13-5-6-14(10-15)17-13/h3-4,7-8,13-15,17-18H,5-6,9-11H2,1-2H3. The lowest BCUT2D eigenvalue weighted by Crippen LogP contribution is -2.47. The lowest BCUT2D eigenvalue weighted by molar-refractivity contribution is 0.345. The van der Waals surface area contributed by atoms with Gasteiger partial charge in [-0.3, -0.25) is 0 Å². The molecule has 6 heteroatoms. The second kappa shape index (κ2) is 6.28. The Morgan fingerprint density at radius 3 is 2.27 bits per heavy atom. The van der Waals surface area contributed by atoms with Crippen molar-refractivity contribution in [3.8, 4) is 0 Å². The Kier molecular flexibility index (Phi) is 4.54. The molecular formula is C16H25N3O2S. The molecule has 22 heavy (non-hydrogen) atoms. The van der Waals surface area contributed by atoms with E-state index in [-0.39, 0.29) is 6.04 Å². The second-order valence-electron chi connectivity index (χ2n) is 6.81. The van der Waals surface area contributed by atoms with E-state index in [1.807, 2.05) is 26.2 Å². The normalized spacial score (nSPS) is 28.2. The largest absolute Gasteiger partial charge is 0.311 e. The Morgan fingerprint density at radius 1 is 1.14 bits per heavy atom. The van der Waals surface area contributed by atoms with Gasteiger partial charge in [-0.25, -0.2) is 13.1 Å². The molecule has 2 bridgehead atoms. The van der Waals surface area contributed by atoms with E-state index in [1.165, 1.54) is 12.8 Å². The zero-order valence-electron chi connectivity index (χ0n) is 13.2. The maximum Gasteiger partial charge on any atom is 0.240 e. The summed E-state index contributed by atoms with van der Waals surface area (Å²) in [4.78, 5) is 2.42. The maximum absolute atomic E-state index is 12.5. The van der Waals surface area contributed by atoms with E-state index in [9.17, 15) is 8.42 Å². The molecule has 0 amide bonds. The van der Waals surface area contributed by atoms with Gasteiger partial charge in [0.1, 0.15) is 0 Å². The number of hydrogen-bond acceptors (Lipinski definition) is 4. The van der Waals surface area contributed by atoms with Crippen LogP contribution in [-0.4, -0.2) is 45.5 Å². The minimum Gasteiger partial charge on any atom is -0.311 e. The Hall–Kier alpha value is -0.950. The first-order chi connectivity index (χ1) is 10.4. The van der Waals surface area contributed by atoms with Crippen LogP contribution >= 0.6 is 0 Å². The van der Waals surface area contributed by atoms with E-state index in [0.717, 1.165) is 24.9 Å². The van der Waals surface area contributed by atoms with Gasteiger partial charge >= 0.3 is 0 Å². The van der Waals surface area contributed by atoms with E-state index >= 15 is 0 Å². The van der Waals surface area contributed by atoms with Crippen LogP contribution in [0.25, 0.3) is 0 Å². The number of rotatable bonds is 5. The summed E-state index contributed by atoms with van der Waals surface area (Å²) >= 11 is 0. The predicted molar refractivity (Wildman–Crippen MR) is 87.1 cm³/mol. The minimum atomic E-state index is -3.42. The second-order valence-corrected chi connectivity index (χ2v) is 8.52. The Morgan fingerprint density at radius 2 is 1.73 bits per heavy atom. The Labute approximate surface area is 133 Å². The molecule has 0 aliphatic carbocycles. The zero-order chi connectivity index (χ0) is 15.7. The van der Waals surface area contributed by atoms with Gasteiger partial charge in [0, 0.05) is 24.7 Å². The van der Waals surface area contributed by atoms with Gasteiger partial charge in [-0.05, 0) is 57.5 Å². The molecule has 0 radical (unpaired) electrons. The van der Waals surface area contributed by atoms with Crippen molar-refractivity contribution in [2.45, 2.75) is 55.2 Å². The third-order valence-corrected chi connectivity index (χ3v) is 6.06. The number of nitrogens with one attached hydrogen (secondary N) is 2. The fraction of sp³-hybridized carbons (Fsp3) is 0.625. The number of nitrogens with zero attached hydrogens (tertiary/aromatic N) is 1. The van der Waals surface area contributed by atoms with Gasteiger partial charge in [0.2, 0.25) is 10.0 Å². The van der Waals surface area contributed by atoms with Crippen molar-refractivity contribution in [1.29, 1.82) is 0 Å². The SMILES string of the molecule is CN(C)Cc1ccc(S(=O)(=O)NC2CC3CCC(C2)N3)cc1. The van der Waals surface area contributed by atoms with Gasteiger partial charge < -0.3 is 10.2 Å². The number of benzene rings is 1. The molecule has 2 aliphatic heterocycles. The summed E-state index contributed by atoms with van der Waals surface area (Å²) in [5.74, 6) is 0. The van der Waals surface area contributed by atoms with Crippen LogP contribution in [0.15, 0.2) is 29.2 Å². The molecule has 2 fully saturated rings. The molecule has 5 nitrogen and oxygen atoms in total. The number of fused-ring (bicyclic) bond motifs is 2. The highest BCUT2D eigenvalue weighted by Gasteiger charge is 2.35. The van der Waals surface area contributed by atoms with E-state index < -0.39 is 10.0 Å². The van der Waals surface area contributed by atoms with Gasteiger partial charge in [-0.1, -0.05) is 12.1 Å². The monoisotopic (exact) mass is 323 g/mol. The van der Waals surface area contributed by atoms with Crippen LogP contribution in [0.4, 0.5) is 0 Å². The van der Waals surface area contributed by atoms with E-state index in [4.69, 9.17) is 0 Å². The smallest absolute Gasteiger partial charge is 0.240 e. The van der Waals surface area contributed by atoms with Gasteiger partial charge in [-0.2, -0.15) is 0 Å². The molecule has 2 N–H and O–H groups in total. The highest BCUT2D eigenvalue weighted by Crippen LogP contribution is 2.27. The van der Waals surface area contributed by atoms with Crippen LogP contribution in [0.1, 0.15) is 31.2 Å². The van der Waals surface area contributed by atoms with Crippen LogP contribution in [-0.2, 0) is 16.6 Å². The summed E-state index contributed by atoms with van der Waals surface area (Å²) in [7, 11) is 0.580. The third kappa shape index (κ3) is 3.68. The molecule has 122 valence electrons. The lowest BCUT2D eigenvalue weighted by atomic mass is 10.0. The van der Waals surface area contributed by atoms with Crippen molar-refractivity contribution < 1.29 is 8.42 Å². The van der Waals surface area contributed by atoms with Crippen molar-refractivity contribution in [2.24, 2.45) is 0 Å². The molecule has 2 saturated heterocycles. The summed E-state index contributed by atoms with van der Waals surface area (Å²) in [5, 5.41) is 3.53. The van der Waals surface area contributed by atoms with Crippen molar-refractivity contribution in [3.05, 3.63) is 29.8 Å². The Balaban J connectivity index is 1.67. The van der Waals surface area contributed by atoms with Crippen molar-refractivity contribution in [2.75, 3.05) is 14.1 Å². The van der Waals surface area contributed by atoms with Crippen molar-refractivity contribution in [1.82, 2.24) is 14.9 Å². The van der Waals surface area contributed by atoms with Gasteiger partial charge in [0.25, 0.3) is 0 Å². The molecular weight excluding hydrogens is 298 g/mol. The number of hydrogen-bond donors (Lipinski definition) is 2. The van der Waals surface area contributed by atoms with Gasteiger partial charge in [0.05, 0.1) is 4.90 Å². The van der Waals surface area contributed by atoms with Crippen molar-refractivity contribution in [3.63, 3.8) is 0 Å². The summed E-state index contributed by atoms with van der Waals surface area (Å²) in [5.41, 5.74) is 1.11. The average Bonchev–Trinajstić information content (AvgIpc) is 2.77. The fourth-order valence-electron chi connectivity index (χ4n) is 3.58. The van der Waals surface area contributed by atoms with E-state index in [2.05, 4.69) is 14.9 Å². The maximum atomic E-state index is 12.5. The topological polar surface area (TPSA) is 61.4 Å². The highest BCUT2D eigenvalue weighted by atomic mass is 32.2. The molecule has 2 unspecified atom stereocenters. The molecule has 1 aromatic rings. The van der Waals surface area contributed by atoms with Gasteiger partial charge in [-0.15, -0.1) is 0 Å².